The van der Waals surface area contributed by atoms with Gasteiger partial charge in [0, 0.05) is 0 Å². The van der Waals surface area contributed by atoms with E-state index in [1.54, 1.807) is 11.8 Å². The predicted octanol–water partition coefficient (Wildman–Crippen LogP) is 0.628. The molecule has 3 heteroatoms. The highest BCUT2D eigenvalue weighted by Crippen LogP contribution is 2.06. The number of hydrogen-bond acceptors (Lipinski definition) is 2. The van der Waals surface area contributed by atoms with Crippen LogP contribution in [0.5, 0.6) is 0 Å². The first-order chi connectivity index (χ1) is 2.89. The summed E-state index contributed by atoms with van der Waals surface area (Å²) in [6.07, 6.45) is 0. The van der Waals surface area contributed by atoms with Gasteiger partial charge in [0.1, 0.15) is 5.88 Å². The topological polar surface area (TPSA) is 26.5 Å². The zero-order valence-corrected chi connectivity index (χ0v) is 4.33. The molecule has 0 aliphatic carbocycles. The molecular formula is C3H5N2S. The Morgan fingerprint density at radius 2 is 2.67 bits per heavy atom. The van der Waals surface area contributed by atoms with E-state index in [9.17, 15) is 0 Å². The maximum absolute atomic E-state index is 3.74. The van der Waals surface area contributed by atoms with Crippen LogP contribution in [0.2, 0.25) is 0 Å². The third-order valence-corrected chi connectivity index (χ3v) is 1.29. The maximum Gasteiger partial charge on any atom is 0.111 e. The minimum absolute atomic E-state index is 0.825. The molecule has 0 saturated carbocycles. The monoisotopic (exact) mass is 101 g/mol. The van der Waals surface area contributed by atoms with Gasteiger partial charge < -0.3 is 0 Å². The van der Waals surface area contributed by atoms with Crippen molar-refractivity contribution in [1.82, 2.24) is 5.43 Å². The van der Waals surface area contributed by atoms with Crippen LogP contribution in [0.4, 0.5) is 0 Å². The lowest BCUT2D eigenvalue weighted by molar-refractivity contribution is 0.871. The molecule has 0 amide bonds. The molecule has 1 aliphatic rings. The van der Waals surface area contributed by atoms with Gasteiger partial charge in [0.2, 0.25) is 0 Å². The Kier molecular flexibility index (Phi) is 1.01. The van der Waals surface area contributed by atoms with Crippen molar-refractivity contribution in [1.29, 1.82) is 0 Å². The second-order valence-corrected chi connectivity index (χ2v) is 2.17. The van der Waals surface area contributed by atoms with Crippen LogP contribution in [0.1, 0.15) is 6.92 Å². The van der Waals surface area contributed by atoms with Gasteiger partial charge in [-0.2, -0.15) is 10.5 Å². The fourth-order valence-corrected chi connectivity index (χ4v) is 0.697. The third-order valence-electron chi connectivity index (χ3n) is 0.543. The van der Waals surface area contributed by atoms with Crippen LogP contribution in [0.3, 0.4) is 0 Å². The lowest BCUT2D eigenvalue weighted by atomic mass is 10.9. The molecule has 0 atom stereocenters. The molecule has 33 valence electrons. The van der Waals surface area contributed by atoms with Crippen LogP contribution < -0.4 is 5.43 Å². The molecule has 1 rings (SSSR count). The summed E-state index contributed by atoms with van der Waals surface area (Å²) in [5.74, 6) is 0.825. The normalized spacial score (nSPS) is 19.8. The summed E-state index contributed by atoms with van der Waals surface area (Å²) >= 11 is 1.68. The van der Waals surface area contributed by atoms with Crippen LogP contribution in [-0.2, 0) is 0 Å². The van der Waals surface area contributed by atoms with Gasteiger partial charge in [-0.25, -0.2) is 0 Å². The summed E-state index contributed by atoms with van der Waals surface area (Å²) in [7, 11) is 0. The fourth-order valence-electron chi connectivity index (χ4n) is 0.280. The van der Waals surface area contributed by atoms with Crippen molar-refractivity contribution in [2.24, 2.45) is 5.10 Å². The van der Waals surface area contributed by atoms with Gasteiger partial charge in [-0.1, -0.05) is 11.8 Å². The Morgan fingerprint density at radius 3 is 2.83 bits per heavy atom. The first-order valence-corrected chi connectivity index (χ1v) is 2.72. The van der Waals surface area contributed by atoms with Gasteiger partial charge in [-0.05, 0) is 6.92 Å². The molecular weight excluding hydrogens is 96.1 g/mol. The van der Waals surface area contributed by atoms with Gasteiger partial charge in [0.25, 0.3) is 0 Å². The fraction of sp³-hybridized carbons (Fsp3) is 0.667. The summed E-state index contributed by atoms with van der Waals surface area (Å²) < 4.78 is 0. The van der Waals surface area contributed by atoms with E-state index in [2.05, 4.69) is 10.5 Å². The Bertz CT molecular complexity index is 78.9. The lowest BCUT2D eigenvalue weighted by Crippen LogP contribution is -1.81. The maximum atomic E-state index is 3.74. The number of hydrogen-bond donors (Lipinski definition) is 0. The van der Waals surface area contributed by atoms with Crippen molar-refractivity contribution >= 4 is 16.8 Å². The Labute approximate surface area is 41.0 Å². The average molecular weight is 101 g/mol. The Hall–Kier alpha value is -0.180. The minimum atomic E-state index is 0.825. The van der Waals surface area contributed by atoms with Gasteiger partial charge >= 0.3 is 0 Å². The van der Waals surface area contributed by atoms with Gasteiger partial charge in [0.05, 0.1) is 5.04 Å². The van der Waals surface area contributed by atoms with Gasteiger partial charge in [-0.15, -0.1) is 0 Å². The molecule has 0 N–H and O–H groups in total. The SMILES string of the molecule is CC1=N[N]CS1. The summed E-state index contributed by atoms with van der Waals surface area (Å²) in [5, 5.41) is 4.82. The second-order valence-electron chi connectivity index (χ2n) is 1.03. The van der Waals surface area contributed by atoms with E-state index in [4.69, 9.17) is 0 Å². The average Bonchev–Trinajstić information content (AvgIpc) is 1.86. The van der Waals surface area contributed by atoms with Gasteiger partial charge in [0.15, 0.2) is 0 Å². The van der Waals surface area contributed by atoms with Crippen LogP contribution >= 0.6 is 11.8 Å². The van der Waals surface area contributed by atoms with Crippen LogP contribution in [-0.4, -0.2) is 10.9 Å². The molecule has 1 heterocycles. The first kappa shape index (κ1) is 3.99. The highest BCUT2D eigenvalue weighted by Gasteiger charge is 1.98. The summed E-state index contributed by atoms with van der Waals surface area (Å²) in [6, 6.07) is 0. The van der Waals surface area contributed by atoms with E-state index in [1.165, 1.54) is 0 Å². The predicted molar refractivity (Wildman–Crippen MR) is 27.7 cm³/mol. The molecule has 2 nitrogen and oxygen atoms in total. The van der Waals surface area contributed by atoms with E-state index in [0.29, 0.717) is 0 Å². The molecule has 1 radical (unpaired) electrons. The zero-order chi connectivity index (χ0) is 4.41. The minimum Gasteiger partial charge on any atom is -0.177 e. The highest BCUT2D eigenvalue weighted by atomic mass is 32.2. The lowest BCUT2D eigenvalue weighted by Gasteiger charge is -1.73. The first-order valence-electron chi connectivity index (χ1n) is 1.73. The quantitative estimate of drug-likeness (QED) is 0.439. The van der Waals surface area contributed by atoms with E-state index >= 15 is 0 Å². The van der Waals surface area contributed by atoms with Crippen molar-refractivity contribution in [3.63, 3.8) is 0 Å². The molecule has 0 aromatic carbocycles. The van der Waals surface area contributed by atoms with E-state index < -0.39 is 0 Å². The van der Waals surface area contributed by atoms with Crippen molar-refractivity contribution in [2.75, 3.05) is 5.88 Å². The van der Waals surface area contributed by atoms with Crippen molar-refractivity contribution in [2.45, 2.75) is 6.92 Å². The van der Waals surface area contributed by atoms with Gasteiger partial charge in [-0.3, -0.25) is 0 Å². The molecule has 0 saturated heterocycles. The van der Waals surface area contributed by atoms with Crippen LogP contribution in [0.25, 0.3) is 0 Å². The Balaban J connectivity index is 2.45. The molecule has 0 aromatic heterocycles. The van der Waals surface area contributed by atoms with Crippen molar-refractivity contribution < 1.29 is 0 Å². The zero-order valence-electron chi connectivity index (χ0n) is 3.51. The van der Waals surface area contributed by atoms with Crippen molar-refractivity contribution in [3.8, 4) is 0 Å². The molecule has 0 bridgehead atoms. The Morgan fingerprint density at radius 1 is 1.83 bits per heavy atom. The molecule has 0 unspecified atom stereocenters. The number of rotatable bonds is 0. The second kappa shape index (κ2) is 1.51. The smallest absolute Gasteiger partial charge is 0.111 e. The van der Waals surface area contributed by atoms with E-state index in [-0.39, 0.29) is 0 Å². The molecule has 0 spiro atoms. The standard InChI is InChI=1S/C3H5N2S/c1-3-5-4-2-6-3/h2H2,1H3. The third kappa shape index (κ3) is 0.653. The molecule has 6 heavy (non-hydrogen) atoms. The number of thioether (sulfide) groups is 1. The summed E-state index contributed by atoms with van der Waals surface area (Å²) in [4.78, 5) is 0. The summed E-state index contributed by atoms with van der Waals surface area (Å²) in [5.41, 5.74) is 3.72. The van der Waals surface area contributed by atoms with Crippen LogP contribution in [0.15, 0.2) is 5.10 Å². The number of nitrogens with zero attached hydrogens (tertiary/aromatic N) is 2. The molecule has 0 fully saturated rings. The molecule has 0 aromatic rings. The highest BCUT2D eigenvalue weighted by molar-refractivity contribution is 8.14. The molecule has 1 aliphatic heterocycles. The van der Waals surface area contributed by atoms with Crippen molar-refractivity contribution in [3.05, 3.63) is 0 Å². The van der Waals surface area contributed by atoms with E-state index in [0.717, 1.165) is 10.9 Å². The largest absolute Gasteiger partial charge is 0.177 e. The summed E-state index contributed by atoms with van der Waals surface area (Å²) in [6.45, 7) is 1.96. The van der Waals surface area contributed by atoms with Crippen LogP contribution in [0, 0.1) is 0 Å². The van der Waals surface area contributed by atoms with E-state index in [1.807, 2.05) is 6.92 Å².